The number of benzene rings is 1. The smallest absolute Gasteiger partial charge is 0.407 e. The van der Waals surface area contributed by atoms with Crippen molar-refractivity contribution < 1.29 is 23.9 Å². The van der Waals surface area contributed by atoms with Crippen LogP contribution in [0.1, 0.15) is 39.7 Å². The second-order valence-corrected chi connectivity index (χ2v) is 7.59. The predicted octanol–water partition coefficient (Wildman–Crippen LogP) is 1.13. The van der Waals surface area contributed by atoms with Crippen LogP contribution in [-0.2, 0) is 25.5 Å². The molecule has 4 N–H and O–H groups in total. The Hall–Kier alpha value is -3.10. The summed E-state index contributed by atoms with van der Waals surface area (Å²) in [6.45, 7) is 7.74. The van der Waals surface area contributed by atoms with E-state index in [-0.39, 0.29) is 25.5 Å². The molecular formula is C22H34N4O5. The van der Waals surface area contributed by atoms with Gasteiger partial charge in [0.05, 0.1) is 13.2 Å². The molecule has 0 bridgehead atoms. The minimum atomic E-state index is -0.911. The Morgan fingerprint density at radius 2 is 1.61 bits per heavy atom. The average molecular weight is 435 g/mol. The number of hydrogen-bond acceptors (Lipinski definition) is 5. The van der Waals surface area contributed by atoms with Gasteiger partial charge in [-0.1, -0.05) is 44.2 Å². The molecule has 1 aromatic carbocycles. The van der Waals surface area contributed by atoms with Gasteiger partial charge in [-0.3, -0.25) is 14.4 Å². The van der Waals surface area contributed by atoms with Crippen molar-refractivity contribution in [3.8, 4) is 0 Å². The third-order valence-electron chi connectivity index (χ3n) is 4.38. The number of alkyl carbamates (subject to hydrolysis) is 1. The summed E-state index contributed by atoms with van der Waals surface area (Å²) in [5.74, 6) is -0.853. The molecule has 1 aromatic rings. The molecule has 0 aliphatic rings. The van der Waals surface area contributed by atoms with E-state index >= 15 is 0 Å². The molecule has 0 heterocycles. The molecule has 0 aromatic heterocycles. The molecule has 0 aliphatic heterocycles. The van der Waals surface area contributed by atoms with Crippen LogP contribution in [0.5, 0.6) is 0 Å². The Morgan fingerprint density at radius 3 is 2.23 bits per heavy atom. The lowest BCUT2D eigenvalue weighted by Crippen LogP contribution is -2.52. The minimum absolute atomic E-state index is 0.172. The van der Waals surface area contributed by atoms with E-state index in [1.54, 1.807) is 13.8 Å². The van der Waals surface area contributed by atoms with E-state index in [1.807, 2.05) is 30.3 Å². The SMILES string of the molecule is CCOC(=O)N[C@@H](Cc1ccccc1)C(=O)NCC(=O)N[C@@H](C)C(=O)NCCC(C)C. The summed E-state index contributed by atoms with van der Waals surface area (Å²) < 4.78 is 4.86. The Labute approximate surface area is 183 Å². The Balaban J connectivity index is 2.56. The lowest BCUT2D eigenvalue weighted by molar-refractivity contribution is -0.129. The molecule has 1 rings (SSSR count). The van der Waals surface area contributed by atoms with Crippen molar-refractivity contribution in [3.63, 3.8) is 0 Å². The van der Waals surface area contributed by atoms with Crippen LogP contribution in [0.2, 0.25) is 0 Å². The number of ether oxygens (including phenoxy) is 1. The molecule has 0 fully saturated rings. The molecule has 2 atom stereocenters. The first-order valence-electron chi connectivity index (χ1n) is 10.5. The normalized spacial score (nSPS) is 12.4. The minimum Gasteiger partial charge on any atom is -0.450 e. The summed E-state index contributed by atoms with van der Waals surface area (Å²) in [6, 6.07) is 7.53. The third kappa shape index (κ3) is 11.0. The Bertz CT molecular complexity index is 724. The van der Waals surface area contributed by atoms with Gasteiger partial charge in [-0.25, -0.2) is 4.79 Å². The van der Waals surface area contributed by atoms with Gasteiger partial charge < -0.3 is 26.0 Å². The second-order valence-electron chi connectivity index (χ2n) is 7.59. The maximum atomic E-state index is 12.6. The van der Waals surface area contributed by atoms with E-state index in [1.165, 1.54) is 0 Å². The van der Waals surface area contributed by atoms with Gasteiger partial charge in [-0.2, -0.15) is 0 Å². The molecule has 4 amide bonds. The van der Waals surface area contributed by atoms with Crippen LogP contribution in [0.3, 0.4) is 0 Å². The number of carbonyl (C=O) groups excluding carboxylic acids is 4. The van der Waals surface area contributed by atoms with Gasteiger partial charge in [0.1, 0.15) is 12.1 Å². The lowest BCUT2D eigenvalue weighted by Gasteiger charge is -2.19. The van der Waals surface area contributed by atoms with Crippen LogP contribution in [0, 0.1) is 5.92 Å². The van der Waals surface area contributed by atoms with E-state index in [0.717, 1.165) is 12.0 Å². The molecule has 0 saturated carbocycles. The molecule has 0 spiro atoms. The van der Waals surface area contributed by atoms with Crippen molar-refractivity contribution in [1.82, 2.24) is 21.3 Å². The fraction of sp³-hybridized carbons (Fsp3) is 0.545. The lowest BCUT2D eigenvalue weighted by atomic mass is 10.1. The Morgan fingerprint density at radius 1 is 0.935 bits per heavy atom. The molecule has 0 radical (unpaired) electrons. The number of hydrogen-bond donors (Lipinski definition) is 4. The van der Waals surface area contributed by atoms with Crippen molar-refractivity contribution in [2.24, 2.45) is 5.92 Å². The van der Waals surface area contributed by atoms with Crippen LogP contribution in [0.25, 0.3) is 0 Å². The van der Waals surface area contributed by atoms with Crippen LogP contribution in [-0.4, -0.2) is 55.6 Å². The molecular weight excluding hydrogens is 400 g/mol. The molecule has 172 valence electrons. The maximum Gasteiger partial charge on any atom is 0.407 e. The first kappa shape index (κ1) is 25.9. The summed E-state index contributed by atoms with van der Waals surface area (Å²) >= 11 is 0. The highest BCUT2D eigenvalue weighted by Gasteiger charge is 2.23. The van der Waals surface area contributed by atoms with Crippen molar-refractivity contribution in [1.29, 1.82) is 0 Å². The van der Waals surface area contributed by atoms with Crippen LogP contribution in [0.4, 0.5) is 4.79 Å². The average Bonchev–Trinajstić information content (AvgIpc) is 2.72. The number of carbonyl (C=O) groups is 4. The quantitative estimate of drug-likeness (QED) is 0.392. The van der Waals surface area contributed by atoms with Crippen LogP contribution in [0.15, 0.2) is 30.3 Å². The summed E-state index contributed by atoms with van der Waals surface area (Å²) in [5.41, 5.74) is 0.843. The van der Waals surface area contributed by atoms with E-state index in [9.17, 15) is 19.2 Å². The van der Waals surface area contributed by atoms with Crippen LogP contribution < -0.4 is 21.3 Å². The molecule has 31 heavy (non-hydrogen) atoms. The molecule has 0 unspecified atom stereocenters. The van der Waals surface area contributed by atoms with E-state index in [4.69, 9.17) is 4.74 Å². The number of rotatable bonds is 12. The summed E-state index contributed by atoms with van der Waals surface area (Å²) in [6.07, 6.45) is 0.371. The van der Waals surface area contributed by atoms with E-state index in [2.05, 4.69) is 35.1 Å². The van der Waals surface area contributed by atoms with E-state index in [0.29, 0.717) is 12.5 Å². The first-order chi connectivity index (χ1) is 14.7. The zero-order valence-electron chi connectivity index (χ0n) is 18.7. The molecule has 0 saturated heterocycles. The first-order valence-corrected chi connectivity index (χ1v) is 10.5. The van der Waals surface area contributed by atoms with Crippen molar-refractivity contribution in [2.45, 2.75) is 52.6 Å². The zero-order chi connectivity index (χ0) is 23.2. The number of amides is 4. The fourth-order valence-corrected chi connectivity index (χ4v) is 2.66. The largest absolute Gasteiger partial charge is 0.450 e. The fourth-order valence-electron chi connectivity index (χ4n) is 2.66. The highest BCUT2D eigenvalue weighted by Crippen LogP contribution is 2.04. The summed E-state index contributed by atoms with van der Waals surface area (Å²) in [7, 11) is 0. The summed E-state index contributed by atoms with van der Waals surface area (Å²) in [4.78, 5) is 48.5. The maximum absolute atomic E-state index is 12.6. The van der Waals surface area contributed by atoms with Gasteiger partial charge in [0.2, 0.25) is 17.7 Å². The number of nitrogens with one attached hydrogen (secondary N) is 4. The van der Waals surface area contributed by atoms with Gasteiger partial charge in [0.15, 0.2) is 0 Å². The monoisotopic (exact) mass is 434 g/mol. The van der Waals surface area contributed by atoms with Crippen molar-refractivity contribution >= 4 is 23.8 Å². The second kappa shape index (κ2) is 14.0. The topological polar surface area (TPSA) is 126 Å². The van der Waals surface area contributed by atoms with Gasteiger partial charge in [-0.05, 0) is 31.7 Å². The highest BCUT2D eigenvalue weighted by atomic mass is 16.5. The predicted molar refractivity (Wildman–Crippen MR) is 117 cm³/mol. The van der Waals surface area contributed by atoms with Crippen molar-refractivity contribution in [3.05, 3.63) is 35.9 Å². The standard InChI is InChI=1S/C22H34N4O5/c1-5-31-22(30)26-18(13-17-9-7-6-8-10-17)21(29)24-14-19(27)25-16(4)20(28)23-12-11-15(2)3/h6-10,15-16,18H,5,11-14H2,1-4H3,(H,23,28)(H,24,29)(H,25,27)(H,26,30)/t16-,18-/m0/s1. The van der Waals surface area contributed by atoms with Crippen LogP contribution >= 0.6 is 0 Å². The van der Waals surface area contributed by atoms with E-state index < -0.39 is 30.0 Å². The molecule has 9 heteroatoms. The third-order valence-corrected chi connectivity index (χ3v) is 4.38. The summed E-state index contributed by atoms with van der Waals surface area (Å²) in [5, 5.41) is 10.3. The zero-order valence-corrected chi connectivity index (χ0v) is 18.7. The van der Waals surface area contributed by atoms with Gasteiger partial charge in [0, 0.05) is 13.0 Å². The van der Waals surface area contributed by atoms with Gasteiger partial charge >= 0.3 is 6.09 Å². The van der Waals surface area contributed by atoms with Gasteiger partial charge in [-0.15, -0.1) is 0 Å². The van der Waals surface area contributed by atoms with Gasteiger partial charge in [0.25, 0.3) is 0 Å². The molecule has 9 nitrogen and oxygen atoms in total. The Kier molecular flexibility index (Phi) is 11.7. The highest BCUT2D eigenvalue weighted by molar-refractivity contribution is 5.91. The van der Waals surface area contributed by atoms with Crippen molar-refractivity contribution in [2.75, 3.05) is 19.7 Å². The molecule has 0 aliphatic carbocycles.